The minimum atomic E-state index is -0.603. The van der Waals surface area contributed by atoms with Gasteiger partial charge in [-0.15, -0.1) is 11.3 Å². The number of aliphatic hydroxyl groups is 1. The molecule has 1 unspecified atom stereocenters. The highest BCUT2D eigenvalue weighted by Gasteiger charge is 2.19. The van der Waals surface area contributed by atoms with E-state index in [1.54, 1.807) is 29.1 Å². The quantitative estimate of drug-likeness (QED) is 0.667. The van der Waals surface area contributed by atoms with Crippen molar-refractivity contribution >= 4 is 17.2 Å². The molecular weight excluding hydrogens is 319 g/mol. The number of benzene rings is 1. The van der Waals surface area contributed by atoms with E-state index in [1.807, 2.05) is 0 Å². The molecule has 3 N–H and O–H groups in total. The summed E-state index contributed by atoms with van der Waals surface area (Å²) in [5, 5.41) is 20.3. The summed E-state index contributed by atoms with van der Waals surface area (Å²) in [4.78, 5) is 16.3. The van der Waals surface area contributed by atoms with Crippen molar-refractivity contribution < 1.29 is 14.3 Å². The zero-order valence-corrected chi connectivity index (χ0v) is 12.7. The van der Waals surface area contributed by atoms with E-state index in [1.165, 1.54) is 23.5 Å². The largest absolute Gasteiger partial charge is 0.394 e. The van der Waals surface area contributed by atoms with Crippen LogP contribution < -0.4 is 5.32 Å². The van der Waals surface area contributed by atoms with Crippen molar-refractivity contribution in [3.05, 3.63) is 58.4 Å². The first-order chi connectivity index (χ1) is 11.2. The molecule has 0 aliphatic heterocycles. The minimum Gasteiger partial charge on any atom is -0.394 e. The fourth-order valence-corrected chi connectivity index (χ4v) is 2.70. The first kappa shape index (κ1) is 15.3. The lowest BCUT2D eigenvalue weighted by Crippen LogP contribution is -2.31. The van der Waals surface area contributed by atoms with Crippen LogP contribution in [-0.4, -0.2) is 32.8 Å². The third kappa shape index (κ3) is 3.27. The summed E-state index contributed by atoms with van der Waals surface area (Å²) in [5.41, 5.74) is 3.02. The lowest BCUT2D eigenvalue weighted by Gasteiger charge is -2.12. The third-order valence-corrected chi connectivity index (χ3v) is 3.87. The molecule has 0 saturated heterocycles. The highest BCUT2D eigenvalue weighted by atomic mass is 32.1. The fourth-order valence-electron chi connectivity index (χ4n) is 2.09. The molecule has 0 bridgehead atoms. The lowest BCUT2D eigenvalue weighted by atomic mass is 10.1. The minimum absolute atomic E-state index is 0.178. The molecule has 23 heavy (non-hydrogen) atoms. The van der Waals surface area contributed by atoms with E-state index in [9.17, 15) is 14.3 Å². The smallest absolute Gasteiger partial charge is 0.269 e. The second kappa shape index (κ2) is 6.67. The van der Waals surface area contributed by atoms with Crippen LogP contribution in [0.25, 0.3) is 11.3 Å². The Hall–Kier alpha value is -2.58. The second-order valence-corrected chi connectivity index (χ2v) is 5.49. The SMILES string of the molecule is O=C(NC(CO)c1cscn1)c1cc(-c2ccccc2F)n[nH]1. The van der Waals surface area contributed by atoms with Crippen LogP contribution in [-0.2, 0) is 0 Å². The maximum absolute atomic E-state index is 13.7. The highest BCUT2D eigenvalue weighted by molar-refractivity contribution is 7.07. The molecule has 2 aromatic heterocycles. The number of nitrogens with one attached hydrogen (secondary N) is 2. The van der Waals surface area contributed by atoms with Crippen LogP contribution in [0.4, 0.5) is 4.39 Å². The monoisotopic (exact) mass is 332 g/mol. The van der Waals surface area contributed by atoms with Crippen LogP contribution in [0.2, 0.25) is 0 Å². The van der Waals surface area contributed by atoms with Crippen molar-refractivity contribution in [3.8, 4) is 11.3 Å². The molecule has 1 atom stereocenters. The average Bonchev–Trinajstić information content (AvgIpc) is 3.24. The van der Waals surface area contributed by atoms with Crippen LogP contribution in [0, 0.1) is 5.82 Å². The van der Waals surface area contributed by atoms with E-state index in [0.29, 0.717) is 17.0 Å². The van der Waals surface area contributed by atoms with Gasteiger partial charge >= 0.3 is 0 Å². The van der Waals surface area contributed by atoms with Crippen molar-refractivity contribution in [2.75, 3.05) is 6.61 Å². The molecule has 0 fully saturated rings. The lowest BCUT2D eigenvalue weighted by molar-refractivity contribution is 0.0910. The number of amides is 1. The number of hydrogen-bond donors (Lipinski definition) is 3. The summed E-state index contributed by atoms with van der Waals surface area (Å²) in [6, 6.07) is 7.04. The molecule has 0 saturated carbocycles. The van der Waals surface area contributed by atoms with Crippen molar-refractivity contribution in [1.82, 2.24) is 20.5 Å². The van der Waals surface area contributed by atoms with Gasteiger partial charge in [0, 0.05) is 10.9 Å². The molecule has 0 spiro atoms. The van der Waals surface area contributed by atoms with Crippen LogP contribution in [0.1, 0.15) is 22.2 Å². The van der Waals surface area contributed by atoms with Crippen molar-refractivity contribution in [2.24, 2.45) is 0 Å². The number of aliphatic hydroxyl groups excluding tert-OH is 1. The van der Waals surface area contributed by atoms with Gasteiger partial charge in [-0.1, -0.05) is 12.1 Å². The second-order valence-electron chi connectivity index (χ2n) is 4.77. The number of hydrogen-bond acceptors (Lipinski definition) is 5. The molecule has 118 valence electrons. The van der Waals surface area contributed by atoms with Gasteiger partial charge in [-0.25, -0.2) is 9.37 Å². The van der Waals surface area contributed by atoms with Crippen LogP contribution >= 0.6 is 11.3 Å². The van der Waals surface area contributed by atoms with Gasteiger partial charge in [0.15, 0.2) is 0 Å². The molecule has 3 aromatic rings. The molecule has 0 radical (unpaired) electrons. The molecule has 0 aliphatic carbocycles. The van der Waals surface area contributed by atoms with Crippen molar-refractivity contribution in [1.29, 1.82) is 0 Å². The van der Waals surface area contributed by atoms with Gasteiger partial charge in [0.25, 0.3) is 5.91 Å². The van der Waals surface area contributed by atoms with Crippen LogP contribution in [0.15, 0.2) is 41.2 Å². The summed E-state index contributed by atoms with van der Waals surface area (Å²) < 4.78 is 13.7. The first-order valence-corrected chi connectivity index (χ1v) is 7.73. The van der Waals surface area contributed by atoms with Gasteiger partial charge in [0.05, 0.1) is 29.5 Å². The predicted molar refractivity (Wildman–Crippen MR) is 83.4 cm³/mol. The van der Waals surface area contributed by atoms with Gasteiger partial charge in [0.2, 0.25) is 0 Å². The number of H-pyrrole nitrogens is 1. The Morgan fingerprint density at radius 2 is 2.26 bits per heavy atom. The molecule has 6 nitrogen and oxygen atoms in total. The summed E-state index contributed by atoms with van der Waals surface area (Å²) in [7, 11) is 0. The van der Waals surface area contributed by atoms with E-state index in [0.717, 1.165) is 0 Å². The molecule has 8 heteroatoms. The van der Waals surface area contributed by atoms with E-state index >= 15 is 0 Å². The summed E-state index contributed by atoms with van der Waals surface area (Å²) in [5.74, 6) is -0.867. The van der Waals surface area contributed by atoms with E-state index in [4.69, 9.17) is 0 Å². The van der Waals surface area contributed by atoms with Crippen molar-refractivity contribution in [3.63, 3.8) is 0 Å². The summed E-state index contributed by atoms with van der Waals surface area (Å²) in [6.07, 6.45) is 0. The number of rotatable bonds is 5. The predicted octanol–water partition coefficient (Wildman–Crippen LogP) is 2.14. The third-order valence-electron chi connectivity index (χ3n) is 3.27. The molecule has 1 amide bonds. The van der Waals surface area contributed by atoms with Crippen molar-refractivity contribution in [2.45, 2.75) is 6.04 Å². The number of thiazole rings is 1. The number of nitrogens with zero attached hydrogens (tertiary/aromatic N) is 2. The molecular formula is C15H13FN4O2S. The average molecular weight is 332 g/mol. The van der Waals surface area contributed by atoms with Crippen LogP contribution in [0.5, 0.6) is 0 Å². The first-order valence-electron chi connectivity index (χ1n) is 6.79. The zero-order valence-electron chi connectivity index (χ0n) is 11.9. The Bertz CT molecular complexity index is 803. The number of carbonyl (C=O) groups is 1. The Kier molecular flexibility index (Phi) is 4.45. The Morgan fingerprint density at radius 3 is 2.96 bits per heavy atom. The van der Waals surface area contributed by atoms with E-state index in [-0.39, 0.29) is 12.3 Å². The number of halogens is 1. The van der Waals surface area contributed by atoms with Gasteiger partial charge in [-0.2, -0.15) is 5.10 Å². The molecule has 2 heterocycles. The van der Waals surface area contributed by atoms with Gasteiger partial charge in [-0.3, -0.25) is 9.89 Å². The standard InChI is InChI=1S/C15H13FN4O2S/c16-10-4-2-1-3-9(10)11-5-12(20-19-11)15(22)18-13(6-21)14-7-23-8-17-14/h1-5,7-8,13,21H,6H2,(H,18,22)(H,19,20). The van der Waals surface area contributed by atoms with Gasteiger partial charge in [0.1, 0.15) is 11.5 Å². The number of aromatic nitrogens is 3. The van der Waals surface area contributed by atoms with Gasteiger partial charge < -0.3 is 10.4 Å². The normalized spacial score (nSPS) is 12.1. The number of carbonyl (C=O) groups excluding carboxylic acids is 1. The highest BCUT2D eigenvalue weighted by Crippen LogP contribution is 2.21. The molecule has 1 aromatic carbocycles. The zero-order chi connectivity index (χ0) is 16.2. The molecule has 0 aliphatic rings. The number of aromatic amines is 1. The van der Waals surface area contributed by atoms with Gasteiger partial charge in [-0.05, 0) is 18.2 Å². The maximum atomic E-state index is 13.7. The maximum Gasteiger partial charge on any atom is 0.269 e. The summed E-state index contributed by atoms with van der Waals surface area (Å²) in [6.45, 7) is -0.274. The summed E-state index contributed by atoms with van der Waals surface area (Å²) >= 11 is 1.37. The van der Waals surface area contributed by atoms with E-state index < -0.39 is 17.8 Å². The van der Waals surface area contributed by atoms with Crippen LogP contribution in [0.3, 0.4) is 0 Å². The van der Waals surface area contributed by atoms with E-state index in [2.05, 4.69) is 20.5 Å². The Morgan fingerprint density at radius 1 is 1.43 bits per heavy atom. The topological polar surface area (TPSA) is 90.9 Å². The Balaban J connectivity index is 1.78. The Labute approximate surface area is 135 Å². The fraction of sp³-hybridized carbons (Fsp3) is 0.133. The molecule has 3 rings (SSSR count).